The Morgan fingerprint density at radius 3 is 2.49 bits per heavy atom. The molecule has 0 fully saturated rings. The number of aromatic nitrogens is 3. The summed E-state index contributed by atoms with van der Waals surface area (Å²) in [6, 6.07) is 19.9. The molecule has 0 spiro atoms. The Hall–Kier alpha value is -4.86. The number of amides is 3. The second-order valence-corrected chi connectivity index (χ2v) is 7.75. The fourth-order valence-corrected chi connectivity index (χ4v) is 3.48. The van der Waals surface area contributed by atoms with Gasteiger partial charge in [0.2, 0.25) is 5.88 Å². The van der Waals surface area contributed by atoms with Crippen LogP contribution in [-0.4, -0.2) is 46.2 Å². The number of aromatic amines is 1. The van der Waals surface area contributed by atoms with Gasteiger partial charge < -0.3 is 26.0 Å². The third-order valence-corrected chi connectivity index (χ3v) is 5.24. The molecule has 0 bridgehead atoms. The monoisotopic (exact) mass is 471 g/mol. The van der Waals surface area contributed by atoms with E-state index in [0.29, 0.717) is 40.9 Å². The molecule has 5 N–H and O–H groups in total. The normalized spacial score (nSPS) is 10.5. The van der Waals surface area contributed by atoms with Crippen LogP contribution < -0.4 is 21.1 Å². The zero-order chi connectivity index (χ0) is 24.8. The van der Waals surface area contributed by atoms with E-state index >= 15 is 0 Å². The number of carbonyl (C=O) groups excluding carboxylic acids is 2. The van der Waals surface area contributed by atoms with Crippen LogP contribution in [0.25, 0.3) is 11.3 Å². The Morgan fingerprint density at radius 2 is 1.80 bits per heavy atom. The molecule has 178 valence electrons. The van der Waals surface area contributed by atoms with E-state index in [4.69, 9.17) is 10.5 Å². The third-order valence-electron chi connectivity index (χ3n) is 5.24. The molecule has 35 heavy (non-hydrogen) atoms. The Balaban J connectivity index is 1.48. The molecular weight excluding hydrogens is 446 g/mol. The SMILES string of the molecule is COc1cc(Nc2[nH]nc(-c3ccc(NC(=O)N(C)Cc4ccccc4)cc3)c2C(N)=O)ccn1. The molecule has 2 aromatic carbocycles. The van der Waals surface area contributed by atoms with Crippen molar-refractivity contribution in [3.8, 4) is 17.1 Å². The number of nitrogens with zero attached hydrogens (tertiary/aromatic N) is 3. The molecule has 2 aromatic heterocycles. The van der Waals surface area contributed by atoms with E-state index in [9.17, 15) is 9.59 Å². The zero-order valence-corrected chi connectivity index (χ0v) is 19.3. The van der Waals surface area contributed by atoms with Crippen molar-refractivity contribution in [1.82, 2.24) is 20.1 Å². The quantitative estimate of drug-likeness (QED) is 0.307. The lowest BCUT2D eigenvalue weighted by atomic mass is 10.1. The molecule has 0 aliphatic carbocycles. The van der Waals surface area contributed by atoms with Gasteiger partial charge in [0.05, 0.1) is 7.11 Å². The molecule has 0 unspecified atom stereocenters. The molecule has 4 aromatic rings. The highest BCUT2D eigenvalue weighted by molar-refractivity contribution is 6.04. The number of methoxy groups -OCH3 is 1. The fourth-order valence-electron chi connectivity index (χ4n) is 3.48. The van der Waals surface area contributed by atoms with E-state index in [1.807, 2.05) is 30.3 Å². The van der Waals surface area contributed by atoms with E-state index in [0.717, 1.165) is 5.56 Å². The number of rotatable bonds is 8. The number of H-pyrrole nitrogens is 1. The Bertz CT molecular complexity index is 1320. The number of carbonyl (C=O) groups is 2. The number of benzene rings is 2. The Morgan fingerprint density at radius 1 is 1.06 bits per heavy atom. The van der Waals surface area contributed by atoms with Crippen LogP contribution >= 0.6 is 0 Å². The van der Waals surface area contributed by atoms with Gasteiger partial charge in [0.25, 0.3) is 5.91 Å². The second-order valence-electron chi connectivity index (χ2n) is 7.75. The summed E-state index contributed by atoms with van der Waals surface area (Å²) in [6.45, 7) is 0.485. The van der Waals surface area contributed by atoms with E-state index < -0.39 is 5.91 Å². The summed E-state index contributed by atoms with van der Waals surface area (Å²) in [5, 5.41) is 13.1. The van der Waals surface area contributed by atoms with Gasteiger partial charge >= 0.3 is 6.03 Å². The summed E-state index contributed by atoms with van der Waals surface area (Å²) < 4.78 is 5.13. The first-order valence-corrected chi connectivity index (χ1v) is 10.8. The molecule has 10 heteroatoms. The predicted octanol–water partition coefficient (Wildman–Crippen LogP) is 3.99. The minimum atomic E-state index is -0.641. The zero-order valence-electron chi connectivity index (χ0n) is 19.3. The smallest absolute Gasteiger partial charge is 0.321 e. The summed E-state index contributed by atoms with van der Waals surface area (Å²) in [5.41, 5.74) is 9.21. The predicted molar refractivity (Wildman–Crippen MR) is 134 cm³/mol. The van der Waals surface area contributed by atoms with Gasteiger partial charge in [-0.2, -0.15) is 5.10 Å². The van der Waals surface area contributed by atoms with Crippen molar-refractivity contribution in [1.29, 1.82) is 0 Å². The first-order chi connectivity index (χ1) is 16.9. The number of urea groups is 1. The molecule has 0 radical (unpaired) electrons. The summed E-state index contributed by atoms with van der Waals surface area (Å²) in [4.78, 5) is 30.5. The van der Waals surface area contributed by atoms with Crippen LogP contribution in [0.2, 0.25) is 0 Å². The molecule has 0 aliphatic heterocycles. The fraction of sp³-hybridized carbons (Fsp3) is 0.120. The van der Waals surface area contributed by atoms with Gasteiger partial charge in [-0.05, 0) is 23.8 Å². The van der Waals surface area contributed by atoms with Crippen LogP contribution in [0.3, 0.4) is 0 Å². The lowest BCUT2D eigenvalue weighted by molar-refractivity contribution is 0.100. The molecule has 0 saturated heterocycles. The van der Waals surface area contributed by atoms with Crippen LogP contribution in [0.4, 0.5) is 22.0 Å². The van der Waals surface area contributed by atoms with Crippen molar-refractivity contribution >= 4 is 29.1 Å². The van der Waals surface area contributed by atoms with Crippen LogP contribution in [0, 0.1) is 0 Å². The van der Waals surface area contributed by atoms with Gasteiger partial charge in [-0.1, -0.05) is 42.5 Å². The summed E-state index contributed by atoms with van der Waals surface area (Å²) in [5.74, 6) is 0.125. The van der Waals surface area contributed by atoms with Crippen LogP contribution in [0.1, 0.15) is 15.9 Å². The van der Waals surface area contributed by atoms with E-state index in [1.54, 1.807) is 54.5 Å². The molecule has 0 aliphatic rings. The maximum Gasteiger partial charge on any atom is 0.321 e. The number of nitrogens with two attached hydrogens (primary N) is 1. The van der Waals surface area contributed by atoms with Crippen molar-refractivity contribution in [2.24, 2.45) is 5.73 Å². The Labute approximate surface area is 202 Å². The van der Waals surface area contributed by atoms with Crippen LogP contribution in [0.15, 0.2) is 72.9 Å². The van der Waals surface area contributed by atoms with Gasteiger partial charge in [-0.15, -0.1) is 0 Å². The lowest BCUT2D eigenvalue weighted by Crippen LogP contribution is -2.30. The number of hydrogen-bond donors (Lipinski definition) is 4. The number of nitrogens with one attached hydrogen (secondary N) is 3. The van der Waals surface area contributed by atoms with Crippen molar-refractivity contribution in [3.63, 3.8) is 0 Å². The summed E-state index contributed by atoms with van der Waals surface area (Å²) in [6.07, 6.45) is 1.58. The van der Waals surface area contributed by atoms with E-state index in [1.165, 1.54) is 7.11 Å². The summed E-state index contributed by atoms with van der Waals surface area (Å²) in [7, 11) is 3.25. The number of primary amides is 1. The first-order valence-electron chi connectivity index (χ1n) is 10.8. The Kier molecular flexibility index (Phi) is 6.91. The van der Waals surface area contributed by atoms with Gasteiger partial charge in [-0.25, -0.2) is 9.78 Å². The molecular formula is C25H25N7O3. The topological polar surface area (TPSA) is 138 Å². The molecule has 0 saturated carbocycles. The molecule has 10 nitrogen and oxygen atoms in total. The third kappa shape index (κ3) is 5.56. The van der Waals surface area contributed by atoms with Crippen LogP contribution in [0.5, 0.6) is 5.88 Å². The number of ether oxygens (including phenoxy) is 1. The van der Waals surface area contributed by atoms with E-state index in [-0.39, 0.29) is 11.6 Å². The van der Waals surface area contributed by atoms with E-state index in [2.05, 4.69) is 25.8 Å². The summed E-state index contributed by atoms with van der Waals surface area (Å²) >= 11 is 0. The van der Waals surface area contributed by atoms with Crippen molar-refractivity contribution in [3.05, 3.63) is 84.1 Å². The highest BCUT2D eigenvalue weighted by atomic mass is 16.5. The molecule has 0 atom stereocenters. The maximum absolute atomic E-state index is 12.6. The second kappa shape index (κ2) is 10.4. The number of hydrogen-bond acceptors (Lipinski definition) is 6. The van der Waals surface area contributed by atoms with Gasteiger partial charge in [-0.3, -0.25) is 9.89 Å². The lowest BCUT2D eigenvalue weighted by Gasteiger charge is -2.18. The number of anilines is 3. The average molecular weight is 472 g/mol. The average Bonchev–Trinajstić information content (AvgIpc) is 3.29. The van der Waals surface area contributed by atoms with Crippen molar-refractivity contribution in [2.75, 3.05) is 24.8 Å². The van der Waals surface area contributed by atoms with Crippen LogP contribution in [-0.2, 0) is 6.54 Å². The largest absolute Gasteiger partial charge is 0.481 e. The maximum atomic E-state index is 12.6. The van der Waals surface area contributed by atoms with Crippen molar-refractivity contribution < 1.29 is 14.3 Å². The highest BCUT2D eigenvalue weighted by Crippen LogP contribution is 2.30. The standard InChI is InChI=1S/C25H25N7O3/c1-32(15-16-6-4-3-5-7-16)25(34)29-18-10-8-17(9-11-18)22-21(23(26)33)24(31-30-22)28-19-12-13-27-20(14-19)35-2/h3-14H,15H2,1-2H3,(H2,26,33)(H,29,34)(H2,27,28,30,31). The molecule has 3 amide bonds. The number of pyridine rings is 1. The minimum absolute atomic E-state index is 0.208. The van der Waals surface area contributed by atoms with Gasteiger partial charge in [0, 0.05) is 42.8 Å². The molecule has 4 rings (SSSR count). The molecule has 2 heterocycles. The highest BCUT2D eigenvalue weighted by Gasteiger charge is 2.20. The van der Waals surface area contributed by atoms with Gasteiger partial charge in [0.15, 0.2) is 0 Å². The minimum Gasteiger partial charge on any atom is -0.481 e. The van der Waals surface area contributed by atoms with Crippen molar-refractivity contribution in [2.45, 2.75) is 6.54 Å². The first kappa shape index (κ1) is 23.3. The van der Waals surface area contributed by atoms with Gasteiger partial charge in [0.1, 0.15) is 17.1 Å².